The van der Waals surface area contributed by atoms with Crippen molar-refractivity contribution >= 4 is 33.1 Å². The molecule has 0 saturated carbocycles. The van der Waals surface area contributed by atoms with Crippen LogP contribution in [0.15, 0.2) is 41.0 Å². The number of thiophene rings is 1. The maximum absolute atomic E-state index is 13.3. The molecule has 0 unspecified atom stereocenters. The summed E-state index contributed by atoms with van der Waals surface area (Å²) < 4.78 is 18.7. The van der Waals surface area contributed by atoms with Gasteiger partial charge in [0.15, 0.2) is 11.6 Å². The first kappa shape index (κ1) is 17.4. The quantitative estimate of drug-likeness (QED) is 0.525. The molecule has 5 nitrogen and oxygen atoms in total. The smallest absolute Gasteiger partial charge is 0.266 e. The standard InChI is InChI=1S/C20H16FN3O2S/c1-10-9-13(21)6-7-14(10)23-19(25)17-11(2)16-12(3)22-18(24-20(16)27-17)15-5-4-8-26-15/h4-9H,1-3H3,(H,23,25). The highest BCUT2D eigenvalue weighted by Crippen LogP contribution is 2.33. The number of nitrogens with zero attached hydrogens (tertiary/aromatic N) is 2. The van der Waals surface area contributed by atoms with Gasteiger partial charge in [-0.25, -0.2) is 14.4 Å². The number of hydrogen-bond acceptors (Lipinski definition) is 5. The average Bonchev–Trinajstić information content (AvgIpc) is 3.26. The number of halogens is 1. The third-order valence-electron chi connectivity index (χ3n) is 4.36. The van der Waals surface area contributed by atoms with Gasteiger partial charge >= 0.3 is 0 Å². The topological polar surface area (TPSA) is 68.0 Å². The Morgan fingerprint density at radius 3 is 2.70 bits per heavy atom. The molecule has 7 heteroatoms. The molecule has 27 heavy (non-hydrogen) atoms. The fraction of sp³-hybridized carbons (Fsp3) is 0.150. The lowest BCUT2D eigenvalue weighted by Gasteiger charge is -2.08. The van der Waals surface area contributed by atoms with E-state index in [0.717, 1.165) is 21.5 Å². The van der Waals surface area contributed by atoms with Gasteiger partial charge in [-0.1, -0.05) is 0 Å². The minimum absolute atomic E-state index is 0.246. The molecule has 3 heterocycles. The summed E-state index contributed by atoms with van der Waals surface area (Å²) in [6.45, 7) is 5.53. The fourth-order valence-electron chi connectivity index (χ4n) is 3.02. The summed E-state index contributed by atoms with van der Waals surface area (Å²) in [5, 5.41) is 3.73. The molecule has 0 aliphatic heterocycles. The van der Waals surface area contributed by atoms with Gasteiger partial charge in [0, 0.05) is 11.1 Å². The van der Waals surface area contributed by atoms with Crippen molar-refractivity contribution in [2.24, 2.45) is 0 Å². The molecule has 4 rings (SSSR count). The first-order valence-electron chi connectivity index (χ1n) is 8.33. The molecule has 1 aromatic carbocycles. The third kappa shape index (κ3) is 3.10. The molecule has 4 aromatic rings. The van der Waals surface area contributed by atoms with Gasteiger partial charge in [0.25, 0.3) is 5.91 Å². The Hall–Kier alpha value is -3.06. The summed E-state index contributed by atoms with van der Waals surface area (Å²) in [7, 11) is 0. The molecular weight excluding hydrogens is 365 g/mol. The van der Waals surface area contributed by atoms with Crippen LogP contribution < -0.4 is 5.32 Å². The van der Waals surface area contributed by atoms with Crippen LogP contribution in [0, 0.1) is 26.6 Å². The van der Waals surface area contributed by atoms with Crippen molar-refractivity contribution in [3.05, 3.63) is 64.1 Å². The van der Waals surface area contributed by atoms with Crippen LogP contribution in [0.4, 0.5) is 10.1 Å². The van der Waals surface area contributed by atoms with Crippen LogP contribution in [0.3, 0.4) is 0 Å². The van der Waals surface area contributed by atoms with Crippen molar-refractivity contribution in [2.45, 2.75) is 20.8 Å². The largest absolute Gasteiger partial charge is 0.461 e. The summed E-state index contributed by atoms with van der Waals surface area (Å²) in [5.74, 6) is 0.496. The van der Waals surface area contributed by atoms with Crippen LogP contribution in [0.5, 0.6) is 0 Å². The van der Waals surface area contributed by atoms with Crippen LogP contribution in [-0.2, 0) is 0 Å². The highest BCUT2D eigenvalue weighted by atomic mass is 32.1. The zero-order valence-corrected chi connectivity index (χ0v) is 15.8. The lowest BCUT2D eigenvalue weighted by molar-refractivity contribution is 0.103. The lowest BCUT2D eigenvalue weighted by atomic mass is 10.1. The number of aryl methyl sites for hydroxylation is 3. The van der Waals surface area contributed by atoms with Crippen molar-refractivity contribution in [1.82, 2.24) is 9.97 Å². The molecule has 0 radical (unpaired) electrons. The molecule has 3 aromatic heterocycles. The van der Waals surface area contributed by atoms with E-state index in [1.54, 1.807) is 31.4 Å². The highest BCUT2D eigenvalue weighted by molar-refractivity contribution is 7.20. The second kappa shape index (κ2) is 6.59. The van der Waals surface area contributed by atoms with Crippen molar-refractivity contribution in [1.29, 1.82) is 0 Å². The third-order valence-corrected chi connectivity index (χ3v) is 5.54. The van der Waals surface area contributed by atoms with Crippen LogP contribution >= 0.6 is 11.3 Å². The number of amides is 1. The Balaban J connectivity index is 1.74. The Labute approximate surface area is 158 Å². The Morgan fingerprint density at radius 2 is 2.00 bits per heavy atom. The van der Waals surface area contributed by atoms with Gasteiger partial charge in [-0.2, -0.15) is 0 Å². The molecular formula is C20H16FN3O2S. The van der Waals surface area contributed by atoms with Crippen molar-refractivity contribution in [3.63, 3.8) is 0 Å². The molecule has 0 saturated heterocycles. The number of benzene rings is 1. The number of carbonyl (C=O) groups is 1. The molecule has 0 spiro atoms. The van der Waals surface area contributed by atoms with Gasteiger partial charge in [0.05, 0.1) is 16.8 Å². The molecule has 0 aliphatic carbocycles. The molecule has 0 atom stereocenters. The maximum Gasteiger partial charge on any atom is 0.266 e. The molecule has 0 fully saturated rings. The number of carbonyl (C=O) groups excluding carboxylic acids is 1. The summed E-state index contributed by atoms with van der Waals surface area (Å²) in [6.07, 6.45) is 1.57. The van der Waals surface area contributed by atoms with E-state index in [2.05, 4.69) is 15.3 Å². The predicted molar refractivity (Wildman–Crippen MR) is 104 cm³/mol. The molecule has 1 amide bonds. The van der Waals surface area contributed by atoms with E-state index in [0.29, 0.717) is 27.7 Å². The van der Waals surface area contributed by atoms with Crippen molar-refractivity contribution in [2.75, 3.05) is 5.32 Å². The van der Waals surface area contributed by atoms with Gasteiger partial charge in [-0.05, 0) is 62.2 Å². The number of hydrogen-bond donors (Lipinski definition) is 1. The van der Waals surface area contributed by atoms with E-state index in [9.17, 15) is 9.18 Å². The number of anilines is 1. The number of aromatic nitrogens is 2. The van der Waals surface area contributed by atoms with Crippen LogP contribution in [0.2, 0.25) is 0 Å². The first-order valence-corrected chi connectivity index (χ1v) is 9.15. The molecule has 1 N–H and O–H groups in total. The van der Waals surface area contributed by atoms with E-state index < -0.39 is 0 Å². The molecule has 0 aliphatic rings. The SMILES string of the molecule is Cc1cc(F)ccc1NC(=O)c1sc2nc(-c3ccco3)nc(C)c2c1C. The summed E-state index contributed by atoms with van der Waals surface area (Å²) in [6, 6.07) is 7.85. The molecule has 136 valence electrons. The minimum atomic E-state index is -0.333. The predicted octanol–water partition coefficient (Wildman–Crippen LogP) is 5.27. The monoisotopic (exact) mass is 381 g/mol. The van der Waals surface area contributed by atoms with Gasteiger partial charge in [0.2, 0.25) is 0 Å². The van der Waals surface area contributed by atoms with Crippen molar-refractivity contribution < 1.29 is 13.6 Å². The Bertz CT molecular complexity index is 1170. The van der Waals surface area contributed by atoms with E-state index >= 15 is 0 Å². The summed E-state index contributed by atoms with van der Waals surface area (Å²) >= 11 is 1.31. The van der Waals surface area contributed by atoms with Crippen LogP contribution in [0.1, 0.15) is 26.5 Å². The van der Waals surface area contributed by atoms with Gasteiger partial charge in [-0.3, -0.25) is 4.79 Å². The normalized spacial score (nSPS) is 11.1. The van der Waals surface area contributed by atoms with E-state index in [4.69, 9.17) is 4.42 Å². The fourth-order valence-corrected chi connectivity index (χ4v) is 4.15. The maximum atomic E-state index is 13.3. The first-order chi connectivity index (χ1) is 12.9. The van der Waals surface area contributed by atoms with Crippen LogP contribution in [-0.4, -0.2) is 15.9 Å². The lowest BCUT2D eigenvalue weighted by Crippen LogP contribution is -2.12. The summed E-state index contributed by atoms with van der Waals surface area (Å²) in [5.41, 5.74) is 2.86. The van der Waals surface area contributed by atoms with Crippen molar-refractivity contribution in [3.8, 4) is 11.6 Å². The molecule has 0 bridgehead atoms. The highest BCUT2D eigenvalue weighted by Gasteiger charge is 2.20. The minimum Gasteiger partial charge on any atom is -0.461 e. The van der Waals surface area contributed by atoms with Gasteiger partial charge in [0.1, 0.15) is 10.6 Å². The number of fused-ring (bicyclic) bond motifs is 1. The van der Waals surface area contributed by atoms with E-state index in [1.807, 2.05) is 13.8 Å². The number of rotatable bonds is 3. The Kier molecular flexibility index (Phi) is 4.24. The zero-order valence-electron chi connectivity index (χ0n) is 15.0. The number of furan rings is 1. The second-order valence-electron chi connectivity index (χ2n) is 6.26. The van der Waals surface area contributed by atoms with Gasteiger partial charge < -0.3 is 9.73 Å². The summed E-state index contributed by atoms with van der Waals surface area (Å²) in [4.78, 5) is 23.2. The van der Waals surface area contributed by atoms with Crippen LogP contribution in [0.25, 0.3) is 21.8 Å². The van der Waals surface area contributed by atoms with E-state index in [-0.39, 0.29) is 11.7 Å². The zero-order chi connectivity index (χ0) is 19.1. The average molecular weight is 381 g/mol. The number of nitrogens with one attached hydrogen (secondary N) is 1. The van der Waals surface area contributed by atoms with E-state index in [1.165, 1.54) is 23.5 Å². The second-order valence-corrected chi connectivity index (χ2v) is 7.26. The Morgan fingerprint density at radius 1 is 1.19 bits per heavy atom. The van der Waals surface area contributed by atoms with Gasteiger partial charge in [-0.15, -0.1) is 11.3 Å².